The number of esters is 1. The summed E-state index contributed by atoms with van der Waals surface area (Å²) in [6.07, 6.45) is 0.150. The quantitative estimate of drug-likeness (QED) is 0.461. The Bertz CT molecular complexity index is 821. The Morgan fingerprint density at radius 1 is 1.15 bits per heavy atom. The molecule has 2 aromatic carbocycles. The molecule has 0 aromatic heterocycles. The highest BCUT2D eigenvalue weighted by Gasteiger charge is 2.24. The van der Waals surface area contributed by atoms with Gasteiger partial charge < -0.3 is 14.8 Å². The maximum atomic E-state index is 12.4. The molecular weight excluding hydrogens is 340 g/mol. The molecule has 136 valence electrons. The first-order valence-electron chi connectivity index (χ1n) is 7.71. The van der Waals surface area contributed by atoms with Gasteiger partial charge in [0.15, 0.2) is 0 Å². The van der Waals surface area contributed by atoms with Crippen LogP contribution in [0, 0.1) is 10.1 Å². The molecule has 0 spiro atoms. The molecule has 8 heteroatoms. The highest BCUT2D eigenvalue weighted by molar-refractivity contribution is 5.97. The van der Waals surface area contributed by atoms with Crippen LogP contribution in [-0.4, -0.2) is 37.1 Å². The minimum absolute atomic E-state index is 0.0770. The van der Waals surface area contributed by atoms with Gasteiger partial charge in [0, 0.05) is 24.1 Å². The topological polar surface area (TPSA) is 108 Å². The number of nitro benzene ring substituents is 1. The van der Waals surface area contributed by atoms with Crippen LogP contribution in [0.4, 0.5) is 5.69 Å². The smallest absolute Gasteiger partial charge is 0.328 e. The fraction of sp³-hybridized carbons (Fsp3) is 0.222. The molecule has 26 heavy (non-hydrogen) atoms. The second-order valence-corrected chi connectivity index (χ2v) is 5.37. The summed E-state index contributed by atoms with van der Waals surface area (Å²) in [7, 11) is 2.73. The number of ether oxygens (including phenoxy) is 2. The van der Waals surface area contributed by atoms with Crippen molar-refractivity contribution >= 4 is 17.6 Å². The molecule has 1 atom stereocenters. The summed E-state index contributed by atoms with van der Waals surface area (Å²) in [4.78, 5) is 34.8. The fourth-order valence-corrected chi connectivity index (χ4v) is 2.43. The van der Waals surface area contributed by atoms with E-state index in [0.717, 1.165) is 6.07 Å². The molecule has 0 unspecified atom stereocenters. The van der Waals surface area contributed by atoms with Crippen LogP contribution in [0.15, 0.2) is 48.5 Å². The second kappa shape index (κ2) is 8.61. The number of nitro groups is 1. The zero-order valence-corrected chi connectivity index (χ0v) is 14.3. The molecule has 0 heterocycles. The zero-order chi connectivity index (χ0) is 19.1. The van der Waals surface area contributed by atoms with E-state index >= 15 is 0 Å². The summed E-state index contributed by atoms with van der Waals surface area (Å²) in [6, 6.07) is 11.4. The Labute approximate surface area is 149 Å². The van der Waals surface area contributed by atoms with Crippen LogP contribution in [0.5, 0.6) is 5.75 Å². The predicted molar refractivity (Wildman–Crippen MR) is 93.1 cm³/mol. The van der Waals surface area contributed by atoms with Crippen molar-refractivity contribution in [3.05, 3.63) is 69.8 Å². The predicted octanol–water partition coefficient (Wildman–Crippen LogP) is 2.12. The largest absolute Gasteiger partial charge is 0.496 e. The van der Waals surface area contributed by atoms with Crippen LogP contribution < -0.4 is 10.1 Å². The molecule has 8 nitrogen and oxygen atoms in total. The Kier molecular flexibility index (Phi) is 6.26. The van der Waals surface area contributed by atoms with Gasteiger partial charge in [-0.1, -0.05) is 24.3 Å². The maximum absolute atomic E-state index is 12.4. The molecule has 0 aliphatic carbocycles. The number of nitrogens with one attached hydrogen (secondary N) is 1. The summed E-state index contributed by atoms with van der Waals surface area (Å²) in [5, 5.41) is 13.4. The monoisotopic (exact) mass is 358 g/mol. The van der Waals surface area contributed by atoms with Crippen molar-refractivity contribution in [1.82, 2.24) is 5.32 Å². The summed E-state index contributed by atoms with van der Waals surface area (Å²) >= 11 is 0. The van der Waals surface area contributed by atoms with Crippen molar-refractivity contribution in [1.29, 1.82) is 0 Å². The van der Waals surface area contributed by atoms with Gasteiger partial charge in [-0.25, -0.2) is 4.79 Å². The number of benzene rings is 2. The molecule has 0 aliphatic rings. The van der Waals surface area contributed by atoms with E-state index in [9.17, 15) is 19.7 Å². The SMILES string of the molecule is COC(=O)[C@H](Cc1ccccc1OC)NC(=O)c1cccc([N+](=O)[O-])c1. The summed E-state index contributed by atoms with van der Waals surface area (Å²) < 4.78 is 10.0. The minimum Gasteiger partial charge on any atom is -0.496 e. The first kappa shape index (κ1) is 18.9. The first-order chi connectivity index (χ1) is 12.5. The van der Waals surface area contributed by atoms with Crippen molar-refractivity contribution in [2.24, 2.45) is 0 Å². The fourth-order valence-electron chi connectivity index (χ4n) is 2.43. The van der Waals surface area contributed by atoms with Gasteiger partial charge in [-0.2, -0.15) is 0 Å². The van der Waals surface area contributed by atoms with Gasteiger partial charge in [0.2, 0.25) is 0 Å². The summed E-state index contributed by atoms with van der Waals surface area (Å²) in [5.74, 6) is -0.667. The molecule has 0 saturated heterocycles. The molecule has 2 rings (SSSR count). The van der Waals surface area contributed by atoms with Gasteiger partial charge in [0.05, 0.1) is 19.1 Å². The molecule has 0 saturated carbocycles. The van der Waals surface area contributed by atoms with Gasteiger partial charge >= 0.3 is 5.97 Å². The number of carbonyl (C=O) groups excluding carboxylic acids is 2. The van der Waals surface area contributed by atoms with Gasteiger partial charge in [0.1, 0.15) is 11.8 Å². The number of non-ortho nitro benzene ring substituents is 1. The first-order valence-corrected chi connectivity index (χ1v) is 7.71. The van der Waals surface area contributed by atoms with Crippen LogP contribution in [-0.2, 0) is 16.0 Å². The van der Waals surface area contributed by atoms with Gasteiger partial charge in [0.25, 0.3) is 11.6 Å². The third kappa shape index (κ3) is 4.56. The molecule has 2 aromatic rings. The van der Waals surface area contributed by atoms with E-state index in [1.165, 1.54) is 32.4 Å². The Morgan fingerprint density at radius 2 is 1.88 bits per heavy atom. The van der Waals surface area contributed by atoms with Crippen LogP contribution in [0.3, 0.4) is 0 Å². The highest BCUT2D eigenvalue weighted by atomic mass is 16.6. The van der Waals surface area contributed by atoms with Crippen molar-refractivity contribution in [3.63, 3.8) is 0 Å². The van der Waals surface area contributed by atoms with E-state index in [4.69, 9.17) is 9.47 Å². The molecule has 0 bridgehead atoms. The number of para-hydroxylation sites is 1. The van der Waals surface area contributed by atoms with Crippen LogP contribution in [0.2, 0.25) is 0 Å². The van der Waals surface area contributed by atoms with Crippen molar-refractivity contribution in [2.75, 3.05) is 14.2 Å². The molecule has 1 N–H and O–H groups in total. The Morgan fingerprint density at radius 3 is 2.54 bits per heavy atom. The lowest BCUT2D eigenvalue weighted by molar-refractivity contribution is -0.384. The Balaban J connectivity index is 2.22. The van der Waals surface area contributed by atoms with Gasteiger partial charge in [-0.3, -0.25) is 14.9 Å². The number of amides is 1. The number of carbonyl (C=O) groups is 2. The minimum atomic E-state index is -0.969. The van der Waals surface area contributed by atoms with Crippen LogP contribution in [0.1, 0.15) is 15.9 Å². The van der Waals surface area contributed by atoms with E-state index < -0.39 is 22.8 Å². The van der Waals surface area contributed by atoms with Gasteiger partial charge in [-0.05, 0) is 17.7 Å². The molecule has 0 radical (unpaired) electrons. The third-order valence-electron chi connectivity index (χ3n) is 3.73. The van der Waals surface area contributed by atoms with E-state index in [1.54, 1.807) is 24.3 Å². The highest BCUT2D eigenvalue weighted by Crippen LogP contribution is 2.20. The lowest BCUT2D eigenvalue weighted by atomic mass is 10.0. The number of rotatable bonds is 7. The normalized spacial score (nSPS) is 11.3. The second-order valence-electron chi connectivity index (χ2n) is 5.37. The van der Waals surface area contributed by atoms with E-state index in [-0.39, 0.29) is 17.7 Å². The molecular formula is C18H18N2O6. The number of hydrogen-bond acceptors (Lipinski definition) is 6. The van der Waals surface area contributed by atoms with Gasteiger partial charge in [-0.15, -0.1) is 0 Å². The zero-order valence-electron chi connectivity index (χ0n) is 14.3. The molecule has 1 amide bonds. The maximum Gasteiger partial charge on any atom is 0.328 e. The average molecular weight is 358 g/mol. The van der Waals surface area contributed by atoms with E-state index in [1.807, 2.05) is 0 Å². The molecule has 0 aliphatic heterocycles. The third-order valence-corrected chi connectivity index (χ3v) is 3.73. The van der Waals surface area contributed by atoms with Crippen molar-refractivity contribution in [3.8, 4) is 5.75 Å². The lowest BCUT2D eigenvalue weighted by Gasteiger charge is -2.18. The summed E-state index contributed by atoms with van der Waals surface area (Å²) in [6.45, 7) is 0. The van der Waals surface area contributed by atoms with E-state index in [0.29, 0.717) is 11.3 Å². The van der Waals surface area contributed by atoms with Crippen molar-refractivity contribution < 1.29 is 24.0 Å². The van der Waals surface area contributed by atoms with Crippen LogP contribution >= 0.6 is 0 Å². The van der Waals surface area contributed by atoms with E-state index in [2.05, 4.69) is 5.32 Å². The lowest BCUT2D eigenvalue weighted by Crippen LogP contribution is -2.43. The average Bonchev–Trinajstić information content (AvgIpc) is 2.67. The standard InChI is InChI=1S/C18H18N2O6/c1-25-16-9-4-3-6-12(16)11-15(18(22)26-2)19-17(21)13-7-5-8-14(10-13)20(23)24/h3-10,15H,11H2,1-2H3,(H,19,21)/t15-/m0/s1. The Hall–Kier alpha value is -3.42. The number of hydrogen-bond donors (Lipinski definition) is 1. The van der Waals surface area contributed by atoms with Crippen LogP contribution in [0.25, 0.3) is 0 Å². The number of nitrogens with zero attached hydrogens (tertiary/aromatic N) is 1. The summed E-state index contributed by atoms with van der Waals surface area (Å²) in [5.41, 5.74) is 0.579. The molecule has 0 fully saturated rings. The van der Waals surface area contributed by atoms with Crippen molar-refractivity contribution in [2.45, 2.75) is 12.5 Å². The number of methoxy groups -OCH3 is 2.